The van der Waals surface area contributed by atoms with Gasteiger partial charge in [0.05, 0.1) is 0 Å². The monoisotopic (exact) mass is 177 g/mol. The van der Waals surface area contributed by atoms with Crippen LogP contribution in [0.5, 0.6) is 0 Å². The van der Waals surface area contributed by atoms with Gasteiger partial charge in [-0.3, -0.25) is 0 Å². The quantitative estimate of drug-likeness (QED) is 0.582. The largest absolute Gasteiger partial charge is 0.0894 e. The molecule has 1 radical (unpaired) electrons. The SMILES string of the molecule is C[C](C)CCC(C)Br. The van der Waals surface area contributed by atoms with E-state index in [-0.39, 0.29) is 0 Å². The molecule has 0 fully saturated rings. The van der Waals surface area contributed by atoms with Crippen molar-refractivity contribution in [3.05, 3.63) is 5.92 Å². The molecule has 0 aromatic carbocycles. The maximum atomic E-state index is 3.49. The summed E-state index contributed by atoms with van der Waals surface area (Å²) >= 11 is 3.49. The van der Waals surface area contributed by atoms with E-state index < -0.39 is 0 Å². The summed E-state index contributed by atoms with van der Waals surface area (Å²) in [6.45, 7) is 6.54. The highest BCUT2D eigenvalue weighted by Gasteiger charge is 1.97. The van der Waals surface area contributed by atoms with E-state index in [2.05, 4.69) is 36.7 Å². The van der Waals surface area contributed by atoms with Gasteiger partial charge in [-0.05, 0) is 18.8 Å². The Bertz CT molecular complexity index is 40.3. The van der Waals surface area contributed by atoms with Gasteiger partial charge in [-0.2, -0.15) is 0 Å². The molecule has 0 aromatic heterocycles. The molecule has 0 amide bonds. The lowest BCUT2D eigenvalue weighted by Gasteiger charge is -2.03. The minimum absolute atomic E-state index is 0.678. The van der Waals surface area contributed by atoms with E-state index in [1.54, 1.807) is 0 Å². The number of alkyl halides is 1. The van der Waals surface area contributed by atoms with Crippen LogP contribution >= 0.6 is 15.9 Å². The molecule has 0 aromatic rings. The highest BCUT2D eigenvalue weighted by atomic mass is 79.9. The van der Waals surface area contributed by atoms with Gasteiger partial charge in [0.25, 0.3) is 0 Å². The first-order chi connectivity index (χ1) is 3.63. The molecule has 1 atom stereocenters. The number of hydrogen-bond donors (Lipinski definition) is 0. The molecule has 0 aliphatic carbocycles. The summed E-state index contributed by atoms with van der Waals surface area (Å²) in [5, 5.41) is 0. The molecular weight excluding hydrogens is 164 g/mol. The van der Waals surface area contributed by atoms with E-state index >= 15 is 0 Å². The van der Waals surface area contributed by atoms with Crippen molar-refractivity contribution in [2.24, 2.45) is 0 Å². The van der Waals surface area contributed by atoms with E-state index in [1.165, 1.54) is 18.8 Å². The van der Waals surface area contributed by atoms with Crippen LogP contribution in [0.1, 0.15) is 33.6 Å². The molecule has 1 heteroatoms. The van der Waals surface area contributed by atoms with Gasteiger partial charge in [0.1, 0.15) is 0 Å². The normalized spacial score (nSPS) is 14.6. The molecule has 0 N–H and O–H groups in total. The molecule has 1 unspecified atom stereocenters. The second-order valence-corrected chi connectivity index (χ2v) is 4.09. The zero-order chi connectivity index (χ0) is 6.57. The predicted octanol–water partition coefficient (Wildman–Crippen LogP) is 3.16. The summed E-state index contributed by atoms with van der Waals surface area (Å²) < 4.78 is 0. The summed E-state index contributed by atoms with van der Waals surface area (Å²) in [4.78, 5) is 0.678. The van der Waals surface area contributed by atoms with E-state index in [0.29, 0.717) is 4.83 Å². The second-order valence-electron chi connectivity index (χ2n) is 2.53. The average Bonchev–Trinajstić information content (AvgIpc) is 1.61. The molecule has 0 spiro atoms. The zero-order valence-electron chi connectivity index (χ0n) is 5.87. The van der Waals surface area contributed by atoms with Crippen molar-refractivity contribution < 1.29 is 0 Å². The molecular formula is C7H14Br. The average molecular weight is 178 g/mol. The Morgan fingerprint density at radius 2 is 2.00 bits per heavy atom. The van der Waals surface area contributed by atoms with E-state index in [1.807, 2.05) is 0 Å². The lowest BCUT2D eigenvalue weighted by atomic mass is 10.1. The first-order valence-electron chi connectivity index (χ1n) is 3.06. The summed E-state index contributed by atoms with van der Waals surface area (Å²) in [6.07, 6.45) is 2.52. The van der Waals surface area contributed by atoms with Crippen molar-refractivity contribution >= 4 is 15.9 Å². The van der Waals surface area contributed by atoms with Crippen LogP contribution in [0.4, 0.5) is 0 Å². The first kappa shape index (κ1) is 8.48. The fourth-order valence-corrected chi connectivity index (χ4v) is 0.716. The smallest absolute Gasteiger partial charge is 0.0117 e. The van der Waals surface area contributed by atoms with Crippen molar-refractivity contribution in [3.63, 3.8) is 0 Å². The standard InChI is InChI=1S/C7H14Br/c1-6(2)4-5-7(3)8/h7H,4-5H2,1-3H3. The molecule has 0 bridgehead atoms. The summed E-state index contributed by atoms with van der Waals surface area (Å²) in [6, 6.07) is 0. The van der Waals surface area contributed by atoms with Gasteiger partial charge in [-0.1, -0.05) is 36.7 Å². The maximum absolute atomic E-state index is 3.49. The Hall–Kier alpha value is 0.480. The molecule has 0 nitrogen and oxygen atoms in total. The summed E-state index contributed by atoms with van der Waals surface area (Å²) in [5.74, 6) is 1.52. The first-order valence-corrected chi connectivity index (χ1v) is 3.97. The third-order valence-electron chi connectivity index (χ3n) is 1.04. The molecule has 0 heterocycles. The number of rotatable bonds is 3. The molecule has 0 rings (SSSR count). The van der Waals surface area contributed by atoms with Gasteiger partial charge >= 0.3 is 0 Å². The Balaban J connectivity index is 2.93. The van der Waals surface area contributed by atoms with Gasteiger partial charge in [0.15, 0.2) is 0 Å². The van der Waals surface area contributed by atoms with Crippen molar-refractivity contribution in [1.29, 1.82) is 0 Å². The minimum Gasteiger partial charge on any atom is -0.0894 e. The molecule has 0 saturated carbocycles. The Morgan fingerprint density at radius 1 is 1.50 bits per heavy atom. The van der Waals surface area contributed by atoms with Crippen LogP contribution < -0.4 is 0 Å². The van der Waals surface area contributed by atoms with Gasteiger partial charge in [-0.15, -0.1) is 0 Å². The fourth-order valence-electron chi connectivity index (χ4n) is 0.488. The fraction of sp³-hybridized carbons (Fsp3) is 0.857. The van der Waals surface area contributed by atoms with Crippen LogP contribution in [0, 0.1) is 5.92 Å². The Labute approximate surface area is 60.8 Å². The van der Waals surface area contributed by atoms with Crippen LogP contribution in [0.3, 0.4) is 0 Å². The maximum Gasteiger partial charge on any atom is 0.0117 e. The molecule has 8 heavy (non-hydrogen) atoms. The lowest BCUT2D eigenvalue weighted by molar-refractivity contribution is 0.748. The molecule has 0 saturated heterocycles. The third kappa shape index (κ3) is 6.48. The predicted molar refractivity (Wildman–Crippen MR) is 42.2 cm³/mol. The van der Waals surface area contributed by atoms with Gasteiger partial charge < -0.3 is 0 Å². The highest BCUT2D eigenvalue weighted by molar-refractivity contribution is 9.09. The molecule has 0 aliphatic rings. The Kier molecular flexibility index (Phi) is 4.63. The van der Waals surface area contributed by atoms with Crippen LogP contribution in [0.15, 0.2) is 0 Å². The summed E-state index contributed by atoms with van der Waals surface area (Å²) in [5.41, 5.74) is 0. The van der Waals surface area contributed by atoms with Crippen molar-refractivity contribution in [2.45, 2.75) is 38.4 Å². The van der Waals surface area contributed by atoms with E-state index in [4.69, 9.17) is 0 Å². The second kappa shape index (κ2) is 4.37. The Morgan fingerprint density at radius 3 is 2.12 bits per heavy atom. The number of hydrogen-bond acceptors (Lipinski definition) is 0. The highest BCUT2D eigenvalue weighted by Crippen LogP contribution is 2.12. The van der Waals surface area contributed by atoms with Gasteiger partial charge in [0.2, 0.25) is 0 Å². The topological polar surface area (TPSA) is 0 Å². The lowest BCUT2D eigenvalue weighted by Crippen LogP contribution is -1.92. The van der Waals surface area contributed by atoms with Crippen LogP contribution in [0.2, 0.25) is 0 Å². The minimum atomic E-state index is 0.678. The van der Waals surface area contributed by atoms with Crippen molar-refractivity contribution in [1.82, 2.24) is 0 Å². The van der Waals surface area contributed by atoms with Crippen molar-refractivity contribution in [3.8, 4) is 0 Å². The van der Waals surface area contributed by atoms with Crippen LogP contribution in [-0.4, -0.2) is 4.83 Å². The summed E-state index contributed by atoms with van der Waals surface area (Å²) in [7, 11) is 0. The van der Waals surface area contributed by atoms with Gasteiger partial charge in [0, 0.05) is 4.83 Å². The zero-order valence-corrected chi connectivity index (χ0v) is 7.46. The molecule has 0 aliphatic heterocycles. The van der Waals surface area contributed by atoms with Crippen molar-refractivity contribution in [2.75, 3.05) is 0 Å². The third-order valence-corrected chi connectivity index (χ3v) is 1.50. The van der Waals surface area contributed by atoms with Gasteiger partial charge in [-0.25, -0.2) is 0 Å². The van der Waals surface area contributed by atoms with Crippen LogP contribution in [-0.2, 0) is 0 Å². The van der Waals surface area contributed by atoms with Crippen LogP contribution in [0.25, 0.3) is 0 Å². The molecule has 49 valence electrons. The number of halogens is 1. The van der Waals surface area contributed by atoms with E-state index in [9.17, 15) is 0 Å². The van der Waals surface area contributed by atoms with E-state index in [0.717, 1.165) is 0 Å².